The molecule has 1 unspecified atom stereocenters. The highest BCUT2D eigenvalue weighted by molar-refractivity contribution is 5.81. The van der Waals surface area contributed by atoms with Gasteiger partial charge < -0.3 is 37.3 Å². The first-order valence-corrected chi connectivity index (χ1v) is 8.96. The second-order valence-electron chi connectivity index (χ2n) is 6.99. The van der Waals surface area contributed by atoms with E-state index in [1.807, 2.05) is 0 Å². The molecule has 2 aromatic rings. The molecule has 1 fully saturated rings. The lowest BCUT2D eigenvalue weighted by Crippen LogP contribution is -2.35. The molecule has 1 saturated heterocycles. The topological polar surface area (TPSA) is 209 Å². The number of nitrogen functional groups attached to an aromatic ring is 1. The van der Waals surface area contributed by atoms with Gasteiger partial charge in [-0.2, -0.15) is 0 Å². The molecule has 0 amide bonds. The van der Waals surface area contributed by atoms with Crippen LogP contribution in [-0.2, 0) is 9.53 Å². The number of aliphatic hydroxyl groups is 2. The summed E-state index contributed by atoms with van der Waals surface area (Å²) in [6.07, 6.45) is -0.177. The molecule has 12 heteroatoms. The van der Waals surface area contributed by atoms with Gasteiger partial charge in [0.1, 0.15) is 30.1 Å². The number of nitrogens with two attached hydrogens (primary N) is 3. The number of aromatic nitrogens is 4. The minimum atomic E-state index is -1.21. The van der Waals surface area contributed by atoms with Crippen molar-refractivity contribution in [3.63, 3.8) is 0 Å². The van der Waals surface area contributed by atoms with E-state index in [9.17, 15) is 15.0 Å². The first-order valence-electron chi connectivity index (χ1n) is 8.96. The van der Waals surface area contributed by atoms with Gasteiger partial charge in [0.15, 0.2) is 17.7 Å². The van der Waals surface area contributed by atoms with Crippen LogP contribution in [0.1, 0.15) is 25.5 Å². The molecule has 0 spiro atoms. The molecule has 0 radical (unpaired) electrons. The van der Waals surface area contributed by atoms with E-state index in [0.29, 0.717) is 24.0 Å². The molecular formula is C16H25N7O5. The number of ether oxygens (including phenoxy) is 1. The summed E-state index contributed by atoms with van der Waals surface area (Å²) in [4.78, 5) is 23.0. The van der Waals surface area contributed by atoms with Gasteiger partial charge in [0.05, 0.1) is 12.4 Å². The van der Waals surface area contributed by atoms with E-state index in [1.54, 1.807) is 0 Å². The Hall–Kier alpha value is -2.38. The average Bonchev–Trinajstić information content (AvgIpc) is 3.21. The highest BCUT2D eigenvalue weighted by Crippen LogP contribution is 2.35. The molecule has 12 nitrogen and oxygen atoms in total. The second-order valence-corrected chi connectivity index (χ2v) is 6.99. The Balaban J connectivity index is 1.71. The maximum Gasteiger partial charge on any atom is 0.320 e. The monoisotopic (exact) mass is 395 g/mol. The van der Waals surface area contributed by atoms with E-state index in [-0.39, 0.29) is 24.7 Å². The fourth-order valence-corrected chi connectivity index (χ4v) is 3.41. The zero-order chi connectivity index (χ0) is 20.4. The third kappa shape index (κ3) is 3.91. The lowest BCUT2D eigenvalue weighted by Gasteiger charge is -2.22. The van der Waals surface area contributed by atoms with Gasteiger partial charge in [0.2, 0.25) is 0 Å². The second kappa shape index (κ2) is 8.32. The van der Waals surface area contributed by atoms with Crippen molar-refractivity contribution < 1.29 is 24.9 Å². The maximum absolute atomic E-state index is 10.9. The Bertz CT molecular complexity index is 831. The number of rotatable bonds is 8. The summed E-state index contributed by atoms with van der Waals surface area (Å²) in [6.45, 7) is 0.275. The summed E-state index contributed by atoms with van der Waals surface area (Å²) in [5, 5.41) is 29.8. The van der Waals surface area contributed by atoms with Gasteiger partial charge in [-0.25, -0.2) is 15.0 Å². The van der Waals surface area contributed by atoms with E-state index in [4.69, 9.17) is 27.0 Å². The maximum atomic E-state index is 10.9. The number of fused-ring (bicyclic) bond motifs is 1. The molecular weight excluding hydrogens is 370 g/mol. The van der Waals surface area contributed by atoms with Crippen molar-refractivity contribution in [1.29, 1.82) is 0 Å². The van der Waals surface area contributed by atoms with Gasteiger partial charge in [-0.15, -0.1) is 0 Å². The zero-order valence-corrected chi connectivity index (χ0v) is 15.1. The Morgan fingerprint density at radius 1 is 1.25 bits per heavy atom. The van der Waals surface area contributed by atoms with E-state index < -0.39 is 36.6 Å². The smallest absolute Gasteiger partial charge is 0.320 e. The lowest BCUT2D eigenvalue weighted by atomic mass is 9.92. The summed E-state index contributed by atoms with van der Waals surface area (Å²) < 4.78 is 7.38. The number of aliphatic carboxylic acids is 1. The predicted molar refractivity (Wildman–Crippen MR) is 97.7 cm³/mol. The van der Waals surface area contributed by atoms with Gasteiger partial charge in [0.25, 0.3) is 0 Å². The van der Waals surface area contributed by atoms with Crippen LogP contribution in [0.15, 0.2) is 12.7 Å². The van der Waals surface area contributed by atoms with Crippen molar-refractivity contribution in [2.24, 2.45) is 17.4 Å². The molecule has 6 atom stereocenters. The highest BCUT2D eigenvalue weighted by Gasteiger charge is 2.44. The third-order valence-corrected chi connectivity index (χ3v) is 5.10. The lowest BCUT2D eigenvalue weighted by molar-refractivity contribution is -0.138. The van der Waals surface area contributed by atoms with Crippen LogP contribution in [0, 0.1) is 5.92 Å². The van der Waals surface area contributed by atoms with Crippen LogP contribution in [0.3, 0.4) is 0 Å². The van der Waals surface area contributed by atoms with Crippen molar-refractivity contribution in [2.45, 2.75) is 49.8 Å². The molecule has 0 aromatic carbocycles. The molecule has 9 N–H and O–H groups in total. The molecule has 28 heavy (non-hydrogen) atoms. The number of anilines is 1. The number of aliphatic hydroxyl groups excluding tert-OH is 2. The van der Waals surface area contributed by atoms with Crippen LogP contribution >= 0.6 is 0 Å². The van der Waals surface area contributed by atoms with Crippen LogP contribution in [0.25, 0.3) is 11.2 Å². The first-order chi connectivity index (χ1) is 13.3. The molecule has 2 aromatic heterocycles. The fraction of sp³-hybridized carbons (Fsp3) is 0.625. The number of hydrogen-bond acceptors (Lipinski definition) is 10. The van der Waals surface area contributed by atoms with Crippen LogP contribution in [0.4, 0.5) is 5.82 Å². The molecule has 1 aliphatic heterocycles. The minimum absolute atomic E-state index is 0.117. The SMILES string of the molecule is NC[C@@H](CC[C@H](N)C(=O)O)C[C@H]1O[C@@H](n2cnc3c(N)ncnc32)C(O)[C@H]1O. The summed E-state index contributed by atoms with van der Waals surface area (Å²) in [6, 6.07) is -0.968. The van der Waals surface area contributed by atoms with Crippen molar-refractivity contribution in [2.75, 3.05) is 12.3 Å². The van der Waals surface area contributed by atoms with Crippen molar-refractivity contribution in [3.05, 3.63) is 12.7 Å². The number of carboxylic acids is 1. The summed E-state index contributed by atoms with van der Waals surface area (Å²) >= 11 is 0. The van der Waals surface area contributed by atoms with Crippen LogP contribution in [0.2, 0.25) is 0 Å². The first kappa shape index (κ1) is 20.4. The highest BCUT2D eigenvalue weighted by atomic mass is 16.6. The minimum Gasteiger partial charge on any atom is -0.480 e. The average molecular weight is 395 g/mol. The number of imidazole rings is 1. The van der Waals surface area contributed by atoms with Gasteiger partial charge >= 0.3 is 5.97 Å². The predicted octanol–water partition coefficient (Wildman–Crippen LogP) is -1.82. The van der Waals surface area contributed by atoms with Crippen molar-refractivity contribution >= 4 is 23.0 Å². The van der Waals surface area contributed by atoms with Gasteiger partial charge in [-0.3, -0.25) is 9.36 Å². The molecule has 0 saturated carbocycles. The number of carbonyl (C=O) groups is 1. The summed E-state index contributed by atoms with van der Waals surface area (Å²) in [7, 11) is 0. The van der Waals surface area contributed by atoms with E-state index in [2.05, 4.69) is 15.0 Å². The van der Waals surface area contributed by atoms with E-state index in [1.165, 1.54) is 17.2 Å². The number of carboxylic acid groups (broad SMARTS) is 1. The van der Waals surface area contributed by atoms with Gasteiger partial charge in [-0.1, -0.05) is 0 Å². The molecule has 3 rings (SSSR count). The summed E-state index contributed by atoms with van der Waals surface area (Å²) in [5.74, 6) is -0.989. The van der Waals surface area contributed by atoms with Gasteiger partial charge in [-0.05, 0) is 31.7 Å². The molecule has 1 aliphatic rings. The molecule has 0 bridgehead atoms. The van der Waals surface area contributed by atoms with E-state index >= 15 is 0 Å². The van der Waals surface area contributed by atoms with Crippen LogP contribution in [0.5, 0.6) is 0 Å². The van der Waals surface area contributed by atoms with Crippen LogP contribution < -0.4 is 17.2 Å². The molecule has 154 valence electrons. The molecule has 0 aliphatic carbocycles. The Morgan fingerprint density at radius 2 is 2.00 bits per heavy atom. The Morgan fingerprint density at radius 3 is 2.68 bits per heavy atom. The number of hydrogen-bond donors (Lipinski definition) is 6. The Labute approximate surface area is 160 Å². The quantitative estimate of drug-likeness (QED) is 0.293. The third-order valence-electron chi connectivity index (χ3n) is 5.10. The van der Waals surface area contributed by atoms with E-state index in [0.717, 1.165) is 0 Å². The van der Waals surface area contributed by atoms with Crippen molar-refractivity contribution in [3.8, 4) is 0 Å². The summed E-state index contributed by atoms with van der Waals surface area (Å²) in [5.41, 5.74) is 17.8. The van der Waals surface area contributed by atoms with Gasteiger partial charge in [0, 0.05) is 0 Å². The molecule has 3 heterocycles. The standard InChI is InChI=1S/C16H25N7O5/c17-4-7(1-2-8(18)16(26)27)3-9-11(24)12(25)15(28-9)23-6-22-10-13(19)20-5-21-14(10)23/h5-9,11-12,15,24-25H,1-4,17-18H2,(H,26,27)(H2,19,20,21)/t7-,8-,9+,11-,12?,15+/m0/s1. The fourth-order valence-electron chi connectivity index (χ4n) is 3.41. The van der Waals surface area contributed by atoms with Crippen LogP contribution in [-0.4, -0.2) is 71.7 Å². The normalized spacial score (nSPS) is 27.1. The largest absolute Gasteiger partial charge is 0.480 e. The number of nitrogens with zero attached hydrogens (tertiary/aromatic N) is 4. The zero-order valence-electron chi connectivity index (χ0n) is 15.1. The van der Waals surface area contributed by atoms with Crippen molar-refractivity contribution in [1.82, 2.24) is 19.5 Å². The Kier molecular flexibility index (Phi) is 6.05.